The van der Waals surface area contributed by atoms with Crippen molar-refractivity contribution < 1.29 is 8.42 Å². The van der Waals surface area contributed by atoms with Crippen LogP contribution in [0.2, 0.25) is 0 Å². The summed E-state index contributed by atoms with van der Waals surface area (Å²) in [6.07, 6.45) is 4.88. The minimum absolute atomic E-state index is 0.238. The van der Waals surface area contributed by atoms with E-state index in [0.29, 0.717) is 23.9 Å². The lowest BCUT2D eigenvalue weighted by Crippen LogP contribution is -2.37. The molecule has 2 unspecified atom stereocenters. The number of hydrogen-bond donors (Lipinski definition) is 2. The Hall–Kier alpha value is -0.850. The Balaban J connectivity index is 1.78. The molecule has 1 saturated heterocycles. The second-order valence-electron chi connectivity index (χ2n) is 5.55. The maximum absolute atomic E-state index is 12.6. The molecule has 0 spiro atoms. The molecule has 0 aromatic carbocycles. The summed E-state index contributed by atoms with van der Waals surface area (Å²) in [4.78, 5) is 3.46. The standard InChI is InChI=1S/C13H21N3O2S/c1-2-14-7-11-6-13(8-15-11)19(17,18)16-9-10-3-4-12(16)5-10/h6,8,10,12,14-15H,2-5,7,9H2,1H3. The van der Waals surface area contributed by atoms with Crippen molar-refractivity contribution in [2.24, 2.45) is 5.92 Å². The summed E-state index contributed by atoms with van der Waals surface area (Å²) in [5, 5.41) is 3.19. The Bertz CT molecular complexity index is 552. The van der Waals surface area contributed by atoms with Gasteiger partial charge in [-0.3, -0.25) is 0 Å². The molecular formula is C13H21N3O2S. The van der Waals surface area contributed by atoms with E-state index >= 15 is 0 Å². The number of H-pyrrole nitrogens is 1. The van der Waals surface area contributed by atoms with Crippen molar-refractivity contribution >= 4 is 10.0 Å². The number of nitrogens with one attached hydrogen (secondary N) is 2. The molecule has 2 aliphatic rings. The molecule has 1 aromatic heterocycles. The zero-order chi connectivity index (χ0) is 13.5. The SMILES string of the molecule is CCNCc1cc(S(=O)(=O)N2CC3CCC2C3)c[nH]1. The number of sulfonamides is 1. The summed E-state index contributed by atoms with van der Waals surface area (Å²) >= 11 is 0. The van der Waals surface area contributed by atoms with E-state index in [-0.39, 0.29) is 6.04 Å². The molecule has 1 aliphatic carbocycles. The van der Waals surface area contributed by atoms with E-state index in [0.717, 1.165) is 25.1 Å². The molecule has 1 aliphatic heterocycles. The average molecular weight is 283 g/mol. The molecule has 2 fully saturated rings. The fourth-order valence-electron chi connectivity index (χ4n) is 3.24. The number of piperidine rings is 1. The number of rotatable bonds is 5. The van der Waals surface area contributed by atoms with Crippen LogP contribution in [0.4, 0.5) is 0 Å². The van der Waals surface area contributed by atoms with Gasteiger partial charge in [-0.2, -0.15) is 4.31 Å². The van der Waals surface area contributed by atoms with Gasteiger partial charge in [0.15, 0.2) is 0 Å². The molecule has 1 aromatic rings. The highest BCUT2D eigenvalue weighted by molar-refractivity contribution is 7.89. The summed E-state index contributed by atoms with van der Waals surface area (Å²) in [5.41, 5.74) is 0.921. The molecule has 0 radical (unpaired) electrons. The normalized spacial score (nSPS) is 27.2. The van der Waals surface area contributed by atoms with Crippen molar-refractivity contribution in [1.29, 1.82) is 0 Å². The second-order valence-corrected chi connectivity index (χ2v) is 7.44. The lowest BCUT2D eigenvalue weighted by molar-refractivity contribution is 0.333. The summed E-state index contributed by atoms with van der Waals surface area (Å²) in [7, 11) is -3.30. The van der Waals surface area contributed by atoms with Crippen molar-refractivity contribution in [3.63, 3.8) is 0 Å². The molecule has 5 nitrogen and oxygen atoms in total. The van der Waals surface area contributed by atoms with Gasteiger partial charge in [0.2, 0.25) is 10.0 Å². The van der Waals surface area contributed by atoms with Crippen LogP contribution in [0.1, 0.15) is 31.9 Å². The van der Waals surface area contributed by atoms with E-state index in [1.807, 2.05) is 6.92 Å². The highest BCUT2D eigenvalue weighted by Gasteiger charge is 2.44. The van der Waals surface area contributed by atoms with Crippen LogP contribution in [0.5, 0.6) is 0 Å². The maximum Gasteiger partial charge on any atom is 0.244 e. The van der Waals surface area contributed by atoms with Gasteiger partial charge in [-0.1, -0.05) is 6.92 Å². The van der Waals surface area contributed by atoms with Crippen molar-refractivity contribution in [1.82, 2.24) is 14.6 Å². The summed E-state index contributed by atoms with van der Waals surface area (Å²) in [5.74, 6) is 0.583. The maximum atomic E-state index is 12.6. The van der Waals surface area contributed by atoms with Crippen LogP contribution in [0, 0.1) is 5.92 Å². The molecule has 6 heteroatoms. The summed E-state index contributed by atoms with van der Waals surface area (Å²) in [6, 6.07) is 1.99. The van der Waals surface area contributed by atoms with Crippen LogP contribution >= 0.6 is 0 Å². The highest BCUT2D eigenvalue weighted by atomic mass is 32.2. The molecule has 2 bridgehead atoms. The minimum Gasteiger partial charge on any atom is -0.363 e. The van der Waals surface area contributed by atoms with Crippen molar-refractivity contribution in [3.05, 3.63) is 18.0 Å². The van der Waals surface area contributed by atoms with Gasteiger partial charge in [-0.25, -0.2) is 8.42 Å². The average Bonchev–Trinajstić information content (AvgIpc) is 3.11. The Kier molecular flexibility index (Phi) is 3.41. The van der Waals surface area contributed by atoms with E-state index in [2.05, 4.69) is 10.3 Å². The molecule has 1 saturated carbocycles. The lowest BCUT2D eigenvalue weighted by atomic mass is 10.1. The fourth-order valence-corrected chi connectivity index (χ4v) is 5.00. The monoisotopic (exact) mass is 283 g/mol. The van der Waals surface area contributed by atoms with Gasteiger partial charge in [0.25, 0.3) is 0 Å². The highest BCUT2D eigenvalue weighted by Crippen LogP contribution is 2.40. The van der Waals surface area contributed by atoms with E-state index in [9.17, 15) is 8.42 Å². The van der Waals surface area contributed by atoms with Crippen LogP contribution in [-0.2, 0) is 16.6 Å². The first kappa shape index (κ1) is 13.1. The van der Waals surface area contributed by atoms with Crippen molar-refractivity contribution in [2.45, 2.75) is 43.7 Å². The first-order valence-corrected chi connectivity index (χ1v) is 8.45. The molecule has 2 atom stereocenters. The number of aromatic nitrogens is 1. The van der Waals surface area contributed by atoms with Crippen molar-refractivity contribution in [2.75, 3.05) is 13.1 Å². The first-order chi connectivity index (χ1) is 9.11. The van der Waals surface area contributed by atoms with Gasteiger partial charge in [0, 0.05) is 31.0 Å². The van der Waals surface area contributed by atoms with Crippen LogP contribution in [0.15, 0.2) is 17.2 Å². The molecular weight excluding hydrogens is 262 g/mol. The molecule has 106 valence electrons. The molecule has 3 rings (SSSR count). The van der Waals surface area contributed by atoms with Crippen LogP contribution in [0.3, 0.4) is 0 Å². The zero-order valence-corrected chi connectivity index (χ0v) is 12.0. The van der Waals surface area contributed by atoms with Gasteiger partial charge >= 0.3 is 0 Å². The number of hydrogen-bond acceptors (Lipinski definition) is 3. The predicted octanol–water partition coefficient (Wildman–Crippen LogP) is 1.30. The fraction of sp³-hybridized carbons (Fsp3) is 0.692. The van der Waals surface area contributed by atoms with Gasteiger partial charge in [-0.05, 0) is 37.8 Å². The topological polar surface area (TPSA) is 65.2 Å². The Morgan fingerprint density at radius 2 is 2.32 bits per heavy atom. The minimum atomic E-state index is -3.30. The van der Waals surface area contributed by atoms with E-state index in [1.165, 1.54) is 6.42 Å². The molecule has 0 amide bonds. The van der Waals surface area contributed by atoms with Crippen LogP contribution in [-0.4, -0.2) is 36.8 Å². The number of aromatic amines is 1. The lowest BCUT2D eigenvalue weighted by Gasteiger charge is -2.25. The third-order valence-corrected chi connectivity index (χ3v) is 6.14. The third kappa shape index (κ3) is 2.32. The molecule has 2 heterocycles. The zero-order valence-electron chi connectivity index (χ0n) is 11.2. The van der Waals surface area contributed by atoms with Gasteiger partial charge in [-0.15, -0.1) is 0 Å². The number of fused-ring (bicyclic) bond motifs is 2. The number of nitrogens with zero attached hydrogens (tertiary/aromatic N) is 1. The molecule has 2 N–H and O–H groups in total. The van der Waals surface area contributed by atoms with Gasteiger partial charge in [0.1, 0.15) is 0 Å². The van der Waals surface area contributed by atoms with E-state index in [4.69, 9.17) is 0 Å². The Labute approximate surface area is 114 Å². The summed E-state index contributed by atoms with van der Waals surface area (Å²) in [6.45, 7) is 4.29. The summed E-state index contributed by atoms with van der Waals surface area (Å²) < 4.78 is 26.9. The third-order valence-electron chi connectivity index (χ3n) is 4.25. The van der Waals surface area contributed by atoms with E-state index < -0.39 is 10.0 Å². The largest absolute Gasteiger partial charge is 0.363 e. The van der Waals surface area contributed by atoms with Gasteiger partial charge < -0.3 is 10.3 Å². The second kappa shape index (κ2) is 4.92. The van der Waals surface area contributed by atoms with Crippen LogP contribution < -0.4 is 5.32 Å². The smallest absolute Gasteiger partial charge is 0.244 e. The Morgan fingerprint density at radius 3 is 2.95 bits per heavy atom. The van der Waals surface area contributed by atoms with Gasteiger partial charge in [0.05, 0.1) is 4.90 Å². The Morgan fingerprint density at radius 1 is 1.47 bits per heavy atom. The van der Waals surface area contributed by atoms with Crippen molar-refractivity contribution in [3.8, 4) is 0 Å². The quantitative estimate of drug-likeness (QED) is 0.856. The molecule has 19 heavy (non-hydrogen) atoms. The van der Waals surface area contributed by atoms with E-state index in [1.54, 1.807) is 16.6 Å². The first-order valence-electron chi connectivity index (χ1n) is 7.01. The predicted molar refractivity (Wildman–Crippen MR) is 73.2 cm³/mol. The van der Waals surface area contributed by atoms with Crippen LogP contribution in [0.25, 0.3) is 0 Å².